The maximum absolute atomic E-state index is 5.27. The number of hydrogen-bond donors (Lipinski definition) is 1. The van der Waals surface area contributed by atoms with E-state index in [4.69, 9.17) is 5.73 Å². The zero-order valence-electron chi connectivity index (χ0n) is 5.39. The van der Waals surface area contributed by atoms with Crippen LogP contribution in [0.5, 0.6) is 0 Å². The molecule has 0 radical (unpaired) electrons. The Morgan fingerprint density at radius 1 is 1.62 bits per heavy atom. The molecule has 0 aromatic rings. The van der Waals surface area contributed by atoms with Gasteiger partial charge in [-0.05, 0) is 6.08 Å². The van der Waals surface area contributed by atoms with Gasteiger partial charge in [0.1, 0.15) is 0 Å². The van der Waals surface area contributed by atoms with Gasteiger partial charge in [0.25, 0.3) is 0 Å². The van der Waals surface area contributed by atoms with Crippen LogP contribution in [-0.2, 0) is 0 Å². The Hall–Kier alpha value is -0.790. The van der Waals surface area contributed by atoms with Crippen LogP contribution in [0.25, 0.3) is 0 Å². The molecule has 0 amide bonds. The number of aliphatic imine (C=N–C) groups is 1. The van der Waals surface area contributed by atoms with Gasteiger partial charge in [0, 0.05) is 11.9 Å². The summed E-state index contributed by atoms with van der Waals surface area (Å²) in [5.74, 6) is 0. The summed E-state index contributed by atoms with van der Waals surface area (Å²) in [4.78, 5) is 3.82. The van der Waals surface area contributed by atoms with Gasteiger partial charge in [-0.15, -0.1) is 0 Å². The van der Waals surface area contributed by atoms with Crippen LogP contribution in [0.4, 0.5) is 0 Å². The summed E-state index contributed by atoms with van der Waals surface area (Å²) in [5.41, 5.74) is 6.13. The Morgan fingerprint density at radius 3 is 2.38 bits per heavy atom. The number of hydrogen-bond acceptors (Lipinski definition) is 2. The van der Waals surface area contributed by atoms with Crippen molar-refractivity contribution in [2.24, 2.45) is 10.7 Å². The topological polar surface area (TPSA) is 38.4 Å². The molecule has 2 heteroatoms. The molecule has 2 nitrogen and oxygen atoms in total. The van der Waals surface area contributed by atoms with Crippen molar-refractivity contribution in [2.45, 2.75) is 13.8 Å². The summed E-state index contributed by atoms with van der Waals surface area (Å²) in [6.07, 6.45) is 3.52. The number of allylic oxidation sites excluding steroid dienone is 1. The van der Waals surface area contributed by atoms with Crippen molar-refractivity contribution in [1.82, 2.24) is 0 Å². The Bertz CT molecular complexity index is 103. The molecule has 0 fully saturated rings. The second-order valence-corrected chi connectivity index (χ2v) is 1.23. The largest absolute Gasteiger partial charge is 0.400 e. The average molecular weight is 112 g/mol. The first-order valence-corrected chi connectivity index (χ1v) is 2.84. The van der Waals surface area contributed by atoms with Crippen LogP contribution >= 0.6 is 0 Å². The first-order valence-electron chi connectivity index (χ1n) is 2.84. The van der Waals surface area contributed by atoms with Gasteiger partial charge in [0.15, 0.2) is 0 Å². The van der Waals surface area contributed by atoms with Crippen LogP contribution in [-0.4, -0.2) is 12.8 Å². The molecule has 8 heavy (non-hydrogen) atoms. The van der Waals surface area contributed by atoms with Crippen LogP contribution in [0, 0.1) is 0 Å². The molecular weight excluding hydrogens is 100 g/mol. The molecule has 0 aromatic carbocycles. The molecule has 0 aromatic heterocycles. The highest BCUT2D eigenvalue weighted by Crippen LogP contribution is 1.88. The van der Waals surface area contributed by atoms with Crippen LogP contribution in [0.3, 0.4) is 0 Å². The molecule has 0 saturated carbocycles. The fraction of sp³-hybridized carbons (Fsp3) is 0.500. The summed E-state index contributed by atoms with van der Waals surface area (Å²) in [6.45, 7) is 4.69. The van der Waals surface area contributed by atoms with Gasteiger partial charge in [-0.25, -0.2) is 0 Å². The van der Waals surface area contributed by atoms with Gasteiger partial charge in [-0.2, -0.15) is 0 Å². The lowest BCUT2D eigenvalue weighted by atomic mass is 10.5. The van der Waals surface area contributed by atoms with Crippen molar-refractivity contribution in [1.29, 1.82) is 0 Å². The summed E-state index contributed by atoms with van der Waals surface area (Å²) >= 11 is 0. The molecule has 0 aliphatic carbocycles. The second-order valence-electron chi connectivity index (χ2n) is 1.23. The fourth-order valence-electron chi connectivity index (χ4n) is 0.359. The normalized spacial score (nSPS) is 14.5. The Morgan fingerprint density at radius 2 is 2.25 bits per heavy atom. The van der Waals surface area contributed by atoms with E-state index in [0.717, 1.165) is 5.70 Å². The van der Waals surface area contributed by atoms with Gasteiger partial charge < -0.3 is 5.73 Å². The van der Waals surface area contributed by atoms with E-state index in [1.165, 1.54) is 0 Å². The predicted octanol–water partition coefficient (Wildman–Crippen LogP) is 0.940. The summed E-state index contributed by atoms with van der Waals surface area (Å²) in [6, 6.07) is 0. The van der Waals surface area contributed by atoms with Gasteiger partial charge in [0.2, 0.25) is 0 Å². The Labute approximate surface area is 50.1 Å². The standard InChI is InChI=1S/C4H6N2.C2H6/c5-4-1-2-6-3-4;1-2/h1-2H,3,5H2;1-2H3. The van der Waals surface area contributed by atoms with Gasteiger partial charge in [-0.1, -0.05) is 13.8 Å². The second kappa shape index (κ2) is 4.37. The molecule has 0 bridgehead atoms. The molecule has 0 unspecified atom stereocenters. The van der Waals surface area contributed by atoms with Crippen molar-refractivity contribution in [3.8, 4) is 0 Å². The molecule has 46 valence electrons. The lowest BCUT2D eigenvalue weighted by molar-refractivity contribution is 1.15. The van der Waals surface area contributed by atoms with E-state index >= 15 is 0 Å². The van der Waals surface area contributed by atoms with E-state index in [0.29, 0.717) is 6.54 Å². The highest BCUT2D eigenvalue weighted by atomic mass is 14.8. The Balaban J connectivity index is 0.000000222. The maximum atomic E-state index is 5.27. The molecule has 1 aliphatic heterocycles. The fourth-order valence-corrected chi connectivity index (χ4v) is 0.359. The minimum atomic E-state index is 0.694. The van der Waals surface area contributed by atoms with E-state index in [-0.39, 0.29) is 0 Å². The highest BCUT2D eigenvalue weighted by Gasteiger charge is 1.87. The monoisotopic (exact) mass is 112 g/mol. The predicted molar refractivity (Wildman–Crippen MR) is 37.0 cm³/mol. The summed E-state index contributed by atoms with van der Waals surface area (Å²) in [7, 11) is 0. The lowest BCUT2D eigenvalue weighted by Crippen LogP contribution is -1.95. The molecular formula is C6H12N2. The lowest BCUT2D eigenvalue weighted by Gasteiger charge is -1.79. The first-order chi connectivity index (χ1) is 3.89. The van der Waals surface area contributed by atoms with E-state index in [9.17, 15) is 0 Å². The zero-order chi connectivity index (χ0) is 6.41. The van der Waals surface area contributed by atoms with E-state index in [2.05, 4.69) is 4.99 Å². The zero-order valence-corrected chi connectivity index (χ0v) is 5.39. The molecule has 2 N–H and O–H groups in total. The van der Waals surface area contributed by atoms with Gasteiger partial charge >= 0.3 is 0 Å². The van der Waals surface area contributed by atoms with Crippen molar-refractivity contribution in [3.05, 3.63) is 11.8 Å². The summed E-state index contributed by atoms with van der Waals surface area (Å²) in [5, 5.41) is 0. The smallest absolute Gasteiger partial charge is 0.0784 e. The SMILES string of the molecule is CC.NC1=CC=NC1. The van der Waals surface area contributed by atoms with Crippen LogP contribution < -0.4 is 5.73 Å². The third-order valence-corrected chi connectivity index (χ3v) is 0.668. The number of rotatable bonds is 0. The van der Waals surface area contributed by atoms with Crippen LogP contribution in [0.2, 0.25) is 0 Å². The highest BCUT2D eigenvalue weighted by molar-refractivity contribution is 5.74. The van der Waals surface area contributed by atoms with Crippen molar-refractivity contribution < 1.29 is 0 Å². The molecule has 0 saturated heterocycles. The molecule has 0 atom stereocenters. The third kappa shape index (κ3) is 2.39. The van der Waals surface area contributed by atoms with Crippen molar-refractivity contribution in [2.75, 3.05) is 6.54 Å². The minimum Gasteiger partial charge on any atom is -0.400 e. The molecule has 1 aliphatic rings. The van der Waals surface area contributed by atoms with E-state index in [1.54, 1.807) is 12.3 Å². The van der Waals surface area contributed by atoms with Crippen LogP contribution in [0.15, 0.2) is 16.8 Å². The van der Waals surface area contributed by atoms with E-state index in [1.807, 2.05) is 13.8 Å². The summed E-state index contributed by atoms with van der Waals surface area (Å²) < 4.78 is 0. The van der Waals surface area contributed by atoms with Crippen molar-refractivity contribution >= 4 is 6.21 Å². The van der Waals surface area contributed by atoms with E-state index < -0.39 is 0 Å². The molecule has 0 spiro atoms. The first kappa shape index (κ1) is 7.21. The minimum absolute atomic E-state index is 0.694. The molecule has 1 heterocycles. The Kier molecular flexibility index (Phi) is 3.94. The molecule has 1 rings (SSSR count). The third-order valence-electron chi connectivity index (χ3n) is 0.668. The van der Waals surface area contributed by atoms with Crippen LogP contribution in [0.1, 0.15) is 13.8 Å². The van der Waals surface area contributed by atoms with Gasteiger partial charge in [-0.3, -0.25) is 4.99 Å². The van der Waals surface area contributed by atoms with Gasteiger partial charge in [0.05, 0.1) is 6.54 Å². The number of nitrogens with two attached hydrogens (primary N) is 1. The van der Waals surface area contributed by atoms with Crippen molar-refractivity contribution in [3.63, 3.8) is 0 Å². The number of nitrogens with zero attached hydrogens (tertiary/aromatic N) is 1. The average Bonchev–Trinajstić information content (AvgIpc) is 2.24. The maximum Gasteiger partial charge on any atom is 0.0784 e. The quantitative estimate of drug-likeness (QED) is 0.497.